The number of nitrogens with zero attached hydrogens (tertiary/aromatic N) is 1. The number of rotatable bonds is 5. The standard InChI is InChI=1S/C16H14ClN3O4S/c17-14-6-1-10(9-18-14)15(21)19-11-2-4-12(5-3-11)25(23)20-13-7-8-24-16(13)22/h1-6,9,13,20H,7-8H2,(H,19,21). The topological polar surface area (TPSA) is 103 Å². The number of carbonyl (C=O) groups excluding carboxylic acids is 2. The summed E-state index contributed by atoms with van der Waals surface area (Å²) in [7, 11) is 0. The molecule has 0 aliphatic carbocycles. The van der Waals surface area contributed by atoms with E-state index in [0.29, 0.717) is 34.3 Å². The molecule has 2 heterocycles. The smallest absolute Gasteiger partial charge is 0.327 e. The fourth-order valence-electron chi connectivity index (χ4n) is 2.18. The highest BCUT2D eigenvalue weighted by molar-refractivity contribution is 7.89. The average Bonchev–Trinajstić information content (AvgIpc) is 3.01. The molecule has 9 heteroatoms. The van der Waals surface area contributed by atoms with Gasteiger partial charge in [-0.1, -0.05) is 11.6 Å². The number of anilines is 1. The molecule has 1 aliphatic heterocycles. The predicted molar refractivity (Wildman–Crippen MR) is 92.6 cm³/mol. The third-order valence-electron chi connectivity index (χ3n) is 3.50. The van der Waals surface area contributed by atoms with E-state index >= 15 is 0 Å². The van der Waals surface area contributed by atoms with Gasteiger partial charge in [0.15, 0.2) is 10.9 Å². The van der Waals surface area contributed by atoms with Crippen LogP contribution in [0.5, 0.6) is 0 Å². The van der Waals surface area contributed by atoms with Gasteiger partial charge in [-0.2, -0.15) is 0 Å². The lowest BCUT2D eigenvalue weighted by atomic mass is 10.2. The van der Waals surface area contributed by atoms with Crippen LogP contribution in [0.2, 0.25) is 5.15 Å². The van der Waals surface area contributed by atoms with E-state index in [0.717, 1.165) is 0 Å². The summed E-state index contributed by atoms with van der Waals surface area (Å²) < 4.78 is 19.8. The number of ether oxygens (including phenoxy) is 1. The molecule has 1 amide bonds. The van der Waals surface area contributed by atoms with Crippen molar-refractivity contribution in [3.8, 4) is 0 Å². The van der Waals surface area contributed by atoms with E-state index in [2.05, 4.69) is 15.0 Å². The molecule has 2 unspecified atom stereocenters. The van der Waals surface area contributed by atoms with Gasteiger partial charge in [0.2, 0.25) is 0 Å². The van der Waals surface area contributed by atoms with Gasteiger partial charge >= 0.3 is 5.97 Å². The minimum absolute atomic E-state index is 0.307. The lowest BCUT2D eigenvalue weighted by molar-refractivity contribution is -0.139. The maximum absolute atomic E-state index is 12.2. The highest BCUT2D eigenvalue weighted by Crippen LogP contribution is 2.17. The maximum Gasteiger partial charge on any atom is 0.327 e. The van der Waals surface area contributed by atoms with Crippen molar-refractivity contribution < 1.29 is 18.9 Å². The molecule has 1 aromatic carbocycles. The van der Waals surface area contributed by atoms with E-state index in [9.17, 15) is 14.1 Å². The summed E-state index contributed by atoms with van der Waals surface area (Å²) in [6.45, 7) is 0.332. The van der Waals surface area contributed by atoms with Crippen LogP contribution in [0.4, 0.5) is 5.69 Å². The minimum atomic E-state index is -1.54. The van der Waals surface area contributed by atoms with Gasteiger partial charge in [0.25, 0.3) is 5.91 Å². The number of cyclic esters (lactones) is 1. The number of esters is 1. The van der Waals surface area contributed by atoms with E-state index < -0.39 is 23.4 Å². The van der Waals surface area contributed by atoms with Gasteiger partial charge < -0.3 is 14.6 Å². The van der Waals surface area contributed by atoms with Gasteiger partial charge in [-0.05, 0) is 36.4 Å². The Morgan fingerprint density at radius 3 is 2.64 bits per heavy atom. The first-order valence-corrected chi connectivity index (χ1v) is 8.93. The number of amides is 1. The van der Waals surface area contributed by atoms with Gasteiger partial charge in [-0.3, -0.25) is 9.59 Å². The quantitative estimate of drug-likeness (QED) is 0.467. The van der Waals surface area contributed by atoms with Crippen molar-refractivity contribution in [2.75, 3.05) is 11.9 Å². The summed E-state index contributed by atoms with van der Waals surface area (Å²) in [5, 5.41) is 3.02. The van der Waals surface area contributed by atoms with Crippen LogP contribution in [-0.2, 0) is 20.9 Å². The monoisotopic (exact) mass is 379 g/mol. The van der Waals surface area contributed by atoms with Gasteiger partial charge in [0.1, 0.15) is 5.15 Å². The second-order valence-corrected chi connectivity index (χ2v) is 6.88. The zero-order valence-corrected chi connectivity index (χ0v) is 14.5. The number of carbonyl (C=O) groups is 2. The van der Waals surface area contributed by atoms with Gasteiger partial charge in [0.05, 0.1) is 23.5 Å². The molecule has 7 nitrogen and oxygen atoms in total. The number of halogens is 1. The van der Waals surface area contributed by atoms with Crippen LogP contribution >= 0.6 is 11.6 Å². The van der Waals surface area contributed by atoms with Crippen LogP contribution in [0.1, 0.15) is 16.8 Å². The zero-order chi connectivity index (χ0) is 17.8. The summed E-state index contributed by atoms with van der Waals surface area (Å²) in [5.41, 5.74) is 0.916. The number of aromatic nitrogens is 1. The summed E-state index contributed by atoms with van der Waals surface area (Å²) in [6.07, 6.45) is 1.87. The molecule has 130 valence electrons. The lowest BCUT2D eigenvalue weighted by Gasteiger charge is -2.13. The third-order valence-corrected chi connectivity index (χ3v) is 4.92. The molecule has 1 fully saturated rings. The van der Waals surface area contributed by atoms with Crippen LogP contribution in [-0.4, -0.2) is 34.1 Å². The van der Waals surface area contributed by atoms with Crippen molar-refractivity contribution in [2.45, 2.75) is 17.4 Å². The number of hydrogen-bond acceptors (Lipinski definition) is 6. The Bertz CT molecular complexity index is 770. The minimum Gasteiger partial charge on any atom is -0.593 e. The van der Waals surface area contributed by atoms with Crippen molar-refractivity contribution >= 4 is 40.5 Å². The summed E-state index contributed by atoms with van der Waals surface area (Å²) in [4.78, 5) is 27.8. The first kappa shape index (κ1) is 17.7. The Morgan fingerprint density at radius 1 is 1.28 bits per heavy atom. The van der Waals surface area contributed by atoms with Crippen LogP contribution < -0.4 is 10.0 Å². The summed E-state index contributed by atoms with van der Waals surface area (Å²) >= 11 is 4.15. The fourth-order valence-corrected chi connectivity index (χ4v) is 3.28. The lowest BCUT2D eigenvalue weighted by Crippen LogP contribution is -2.37. The maximum atomic E-state index is 12.2. The zero-order valence-electron chi connectivity index (χ0n) is 12.9. The van der Waals surface area contributed by atoms with E-state index in [4.69, 9.17) is 16.3 Å². The van der Waals surface area contributed by atoms with Crippen molar-refractivity contribution in [1.29, 1.82) is 0 Å². The van der Waals surface area contributed by atoms with Gasteiger partial charge in [-0.15, -0.1) is 4.72 Å². The number of pyridine rings is 1. The average molecular weight is 380 g/mol. The highest BCUT2D eigenvalue weighted by Gasteiger charge is 2.31. The Hall–Kier alpha value is -2.13. The third kappa shape index (κ3) is 4.49. The highest BCUT2D eigenvalue weighted by atomic mass is 35.5. The molecule has 25 heavy (non-hydrogen) atoms. The molecule has 0 saturated carbocycles. The first-order valence-electron chi connectivity index (χ1n) is 7.40. The molecular formula is C16H14ClN3O4S. The Labute approximate surface area is 152 Å². The SMILES string of the molecule is O=C(Nc1ccc([S+]([O-])NC2CCOC2=O)cc1)c1ccc(Cl)nc1. The molecule has 0 spiro atoms. The van der Waals surface area contributed by atoms with Gasteiger partial charge in [-0.25, -0.2) is 4.98 Å². The van der Waals surface area contributed by atoms with Crippen LogP contribution in [0, 0.1) is 0 Å². The molecule has 2 atom stereocenters. The normalized spacial score (nSPS) is 17.8. The van der Waals surface area contributed by atoms with E-state index in [1.165, 1.54) is 12.3 Å². The van der Waals surface area contributed by atoms with Crippen LogP contribution in [0.3, 0.4) is 0 Å². The Kier molecular flexibility index (Phi) is 5.54. The van der Waals surface area contributed by atoms with E-state index in [1.807, 2.05) is 0 Å². The molecular weight excluding hydrogens is 366 g/mol. The van der Waals surface area contributed by atoms with Gasteiger partial charge in [0, 0.05) is 18.3 Å². The molecule has 0 bridgehead atoms. The second-order valence-electron chi connectivity index (χ2n) is 5.24. The van der Waals surface area contributed by atoms with Crippen LogP contribution in [0.15, 0.2) is 47.5 Å². The Morgan fingerprint density at radius 2 is 2.04 bits per heavy atom. The fraction of sp³-hybridized carbons (Fsp3) is 0.188. The molecule has 1 aromatic heterocycles. The summed E-state index contributed by atoms with van der Waals surface area (Å²) in [6, 6.07) is 9.02. The van der Waals surface area contributed by atoms with Crippen molar-refractivity contribution in [3.05, 3.63) is 53.3 Å². The molecule has 1 saturated heterocycles. The number of nitrogens with one attached hydrogen (secondary N) is 2. The summed E-state index contributed by atoms with van der Waals surface area (Å²) in [5.74, 6) is -0.723. The van der Waals surface area contributed by atoms with E-state index in [-0.39, 0.29) is 5.91 Å². The molecule has 2 aromatic rings. The molecule has 1 aliphatic rings. The largest absolute Gasteiger partial charge is 0.593 e. The molecule has 0 radical (unpaired) electrons. The van der Waals surface area contributed by atoms with Crippen LogP contribution in [0.25, 0.3) is 0 Å². The number of hydrogen-bond donors (Lipinski definition) is 2. The van der Waals surface area contributed by atoms with Crippen molar-refractivity contribution in [1.82, 2.24) is 9.71 Å². The second kappa shape index (κ2) is 7.83. The van der Waals surface area contributed by atoms with Crippen molar-refractivity contribution in [2.24, 2.45) is 0 Å². The first-order chi connectivity index (χ1) is 12.0. The molecule has 2 N–H and O–H groups in total. The van der Waals surface area contributed by atoms with Crippen molar-refractivity contribution in [3.63, 3.8) is 0 Å². The number of benzene rings is 1. The van der Waals surface area contributed by atoms with E-state index in [1.54, 1.807) is 30.3 Å². The Balaban J connectivity index is 1.60. The predicted octanol–water partition coefficient (Wildman–Crippen LogP) is 1.91. The molecule has 3 rings (SSSR count).